The number of rotatable bonds is 7. The maximum absolute atomic E-state index is 15.5. The molecule has 1 saturated heterocycles. The minimum atomic E-state index is -4.01. The van der Waals surface area contributed by atoms with Crippen molar-refractivity contribution in [2.75, 3.05) is 43.1 Å². The summed E-state index contributed by atoms with van der Waals surface area (Å²) in [6, 6.07) is 5.02. The van der Waals surface area contributed by atoms with Crippen LogP contribution in [0.15, 0.2) is 24.3 Å². The van der Waals surface area contributed by atoms with E-state index in [9.17, 15) is 19.0 Å². The van der Waals surface area contributed by atoms with Crippen molar-refractivity contribution in [2.45, 2.75) is 57.6 Å². The predicted octanol–water partition coefficient (Wildman–Crippen LogP) is 4.41. The molecular formula is C28H33F3N4O3. The maximum atomic E-state index is 15.5. The number of halogens is 3. The molecule has 0 unspecified atom stereocenters. The Balaban J connectivity index is 1.56. The molecule has 1 aliphatic heterocycles. The van der Waals surface area contributed by atoms with E-state index < -0.39 is 35.6 Å². The average Bonchev–Trinajstić information content (AvgIpc) is 3.39. The van der Waals surface area contributed by atoms with E-state index in [-0.39, 0.29) is 5.56 Å². The van der Waals surface area contributed by atoms with Crippen molar-refractivity contribution in [2.24, 2.45) is 0 Å². The van der Waals surface area contributed by atoms with Crippen molar-refractivity contribution in [3.05, 3.63) is 58.2 Å². The summed E-state index contributed by atoms with van der Waals surface area (Å²) in [6.45, 7) is 5.91. The Hall–Kier alpha value is -2.95. The zero-order valence-corrected chi connectivity index (χ0v) is 21.8. The van der Waals surface area contributed by atoms with Crippen molar-refractivity contribution in [3.8, 4) is 0 Å². The van der Waals surface area contributed by atoms with E-state index >= 15 is 4.39 Å². The Morgan fingerprint density at radius 2 is 1.87 bits per heavy atom. The molecular weight excluding hydrogens is 497 g/mol. The van der Waals surface area contributed by atoms with Crippen LogP contribution in [0.2, 0.25) is 0 Å². The van der Waals surface area contributed by atoms with Crippen molar-refractivity contribution in [1.82, 2.24) is 9.97 Å². The summed E-state index contributed by atoms with van der Waals surface area (Å²) in [6.07, 6.45) is 2.92. The Kier molecular flexibility index (Phi) is 7.00. The normalized spacial score (nSPS) is 18.4. The Labute approximate surface area is 219 Å². The highest BCUT2D eigenvalue weighted by atomic mass is 19.3. The number of hydrogen-bond acceptors (Lipinski definition) is 7. The minimum Gasteiger partial charge on any atom is -0.393 e. The standard InChI is InChI=1S/C28H33F3N4O3/c1-16(18-6-5-9-22(24(18)29)28(30,31)27(3,37)15-36)32-26-21-14-23(35-10-12-38-13-11-35)19-7-4-8-20(19)25(21)33-17(2)34-26/h5-6,9,14,16,36-37H,4,7-8,10-13,15H2,1-3H3,(H,32,33,34)/t16-,27+/m1/s1. The number of morpholine rings is 1. The molecule has 1 aromatic heterocycles. The maximum Gasteiger partial charge on any atom is 0.306 e. The second-order valence-corrected chi connectivity index (χ2v) is 10.4. The topological polar surface area (TPSA) is 90.7 Å². The molecule has 0 amide bonds. The van der Waals surface area contributed by atoms with Gasteiger partial charge < -0.3 is 25.2 Å². The molecule has 5 rings (SSSR count). The van der Waals surface area contributed by atoms with Crippen molar-refractivity contribution < 1.29 is 28.1 Å². The number of aliphatic hydroxyl groups is 2. The van der Waals surface area contributed by atoms with Gasteiger partial charge in [-0.25, -0.2) is 14.4 Å². The molecule has 7 nitrogen and oxygen atoms in total. The third kappa shape index (κ3) is 4.48. The van der Waals surface area contributed by atoms with Crippen LogP contribution < -0.4 is 10.2 Å². The lowest BCUT2D eigenvalue weighted by atomic mass is 9.90. The van der Waals surface area contributed by atoms with E-state index in [0.717, 1.165) is 61.9 Å². The molecule has 38 heavy (non-hydrogen) atoms. The van der Waals surface area contributed by atoms with Gasteiger partial charge in [0.15, 0.2) is 5.60 Å². The molecule has 2 aromatic carbocycles. The minimum absolute atomic E-state index is 0.00473. The van der Waals surface area contributed by atoms with Crippen LogP contribution in [-0.2, 0) is 23.5 Å². The van der Waals surface area contributed by atoms with Gasteiger partial charge in [-0.1, -0.05) is 12.1 Å². The lowest BCUT2D eigenvalue weighted by Gasteiger charge is -2.32. The van der Waals surface area contributed by atoms with Crippen LogP contribution in [0.3, 0.4) is 0 Å². The number of aryl methyl sites for hydroxylation is 2. The third-order valence-electron chi connectivity index (χ3n) is 7.67. The highest BCUT2D eigenvalue weighted by Crippen LogP contribution is 2.42. The molecule has 2 atom stereocenters. The fourth-order valence-corrected chi connectivity index (χ4v) is 5.45. The van der Waals surface area contributed by atoms with Gasteiger partial charge in [0, 0.05) is 29.7 Å². The van der Waals surface area contributed by atoms with Gasteiger partial charge in [0.25, 0.3) is 0 Å². The van der Waals surface area contributed by atoms with Gasteiger partial charge in [-0.2, -0.15) is 8.78 Å². The monoisotopic (exact) mass is 530 g/mol. The zero-order valence-electron chi connectivity index (χ0n) is 21.8. The van der Waals surface area contributed by atoms with Gasteiger partial charge in [-0.05, 0) is 63.3 Å². The largest absolute Gasteiger partial charge is 0.393 e. The molecule has 3 N–H and O–H groups in total. The predicted molar refractivity (Wildman–Crippen MR) is 139 cm³/mol. The number of anilines is 2. The van der Waals surface area contributed by atoms with Gasteiger partial charge in [0.1, 0.15) is 17.5 Å². The summed E-state index contributed by atoms with van der Waals surface area (Å²) in [7, 11) is 0. The van der Waals surface area contributed by atoms with Crippen molar-refractivity contribution in [1.29, 1.82) is 0 Å². The van der Waals surface area contributed by atoms with Gasteiger partial charge in [0.05, 0.1) is 36.9 Å². The summed E-state index contributed by atoms with van der Waals surface area (Å²) < 4.78 is 51.0. The first kappa shape index (κ1) is 26.6. The molecule has 10 heteroatoms. The van der Waals surface area contributed by atoms with E-state index in [4.69, 9.17) is 9.72 Å². The van der Waals surface area contributed by atoms with E-state index in [1.807, 2.05) is 0 Å². The van der Waals surface area contributed by atoms with Gasteiger partial charge in [-0.15, -0.1) is 0 Å². The van der Waals surface area contributed by atoms with Crippen molar-refractivity contribution in [3.63, 3.8) is 0 Å². The fraction of sp³-hybridized carbons (Fsp3) is 0.500. The zero-order chi connectivity index (χ0) is 27.2. The summed E-state index contributed by atoms with van der Waals surface area (Å²) in [5.41, 5.74) is 0.692. The second-order valence-electron chi connectivity index (χ2n) is 10.4. The first-order valence-corrected chi connectivity index (χ1v) is 13.0. The number of benzene rings is 2. The Morgan fingerprint density at radius 1 is 1.16 bits per heavy atom. The van der Waals surface area contributed by atoms with E-state index in [1.54, 1.807) is 13.8 Å². The van der Waals surface area contributed by atoms with E-state index in [2.05, 4.69) is 21.3 Å². The Morgan fingerprint density at radius 3 is 2.58 bits per heavy atom. The summed E-state index contributed by atoms with van der Waals surface area (Å²) in [4.78, 5) is 11.7. The van der Waals surface area contributed by atoms with Crippen LogP contribution in [0.25, 0.3) is 10.9 Å². The van der Waals surface area contributed by atoms with Crippen LogP contribution in [0.5, 0.6) is 0 Å². The summed E-state index contributed by atoms with van der Waals surface area (Å²) >= 11 is 0. The summed E-state index contributed by atoms with van der Waals surface area (Å²) in [5.74, 6) is -4.09. The second kappa shape index (κ2) is 9.98. The number of nitrogens with zero attached hydrogens (tertiary/aromatic N) is 3. The average molecular weight is 531 g/mol. The first-order chi connectivity index (χ1) is 18.0. The SMILES string of the molecule is Cc1nc(N[C@H](C)c2cccc(C(F)(F)[C@@](C)(O)CO)c2F)c2cc(N3CCOCC3)c3c(c2n1)CCC3. The highest BCUT2D eigenvalue weighted by molar-refractivity contribution is 5.96. The molecule has 0 bridgehead atoms. The first-order valence-electron chi connectivity index (χ1n) is 13.0. The van der Waals surface area contributed by atoms with E-state index in [0.29, 0.717) is 24.9 Å². The van der Waals surface area contributed by atoms with Gasteiger partial charge in [0.2, 0.25) is 0 Å². The summed E-state index contributed by atoms with van der Waals surface area (Å²) in [5, 5.41) is 23.4. The van der Waals surface area contributed by atoms with Gasteiger partial charge in [-0.3, -0.25) is 0 Å². The smallest absolute Gasteiger partial charge is 0.306 e. The molecule has 204 valence electrons. The third-order valence-corrected chi connectivity index (χ3v) is 7.67. The van der Waals surface area contributed by atoms with Crippen LogP contribution in [0, 0.1) is 12.7 Å². The number of ether oxygens (including phenoxy) is 1. The van der Waals surface area contributed by atoms with Crippen LogP contribution in [0.1, 0.15) is 54.4 Å². The molecule has 1 fully saturated rings. The van der Waals surface area contributed by atoms with Crippen molar-refractivity contribution >= 4 is 22.4 Å². The molecule has 0 saturated carbocycles. The number of hydrogen-bond donors (Lipinski definition) is 3. The Bertz CT molecular complexity index is 1360. The number of aromatic nitrogens is 2. The molecule has 0 spiro atoms. The number of nitrogens with one attached hydrogen (secondary N) is 1. The molecule has 2 heterocycles. The van der Waals surface area contributed by atoms with Crippen LogP contribution in [0.4, 0.5) is 24.7 Å². The van der Waals surface area contributed by atoms with Gasteiger partial charge >= 0.3 is 5.92 Å². The number of aliphatic hydroxyl groups excluding tert-OH is 1. The number of fused-ring (bicyclic) bond motifs is 3. The van der Waals surface area contributed by atoms with Crippen LogP contribution >= 0.6 is 0 Å². The van der Waals surface area contributed by atoms with E-state index in [1.165, 1.54) is 23.3 Å². The lowest BCUT2D eigenvalue weighted by molar-refractivity contribution is -0.197. The number of alkyl halides is 2. The highest BCUT2D eigenvalue weighted by Gasteiger charge is 2.52. The lowest BCUT2D eigenvalue weighted by Crippen LogP contribution is -2.47. The quantitative estimate of drug-likeness (QED) is 0.417. The van der Waals surface area contributed by atoms with Crippen LogP contribution in [-0.4, -0.2) is 58.7 Å². The molecule has 3 aromatic rings. The molecule has 1 aliphatic carbocycles. The molecule has 0 radical (unpaired) electrons. The molecule has 2 aliphatic rings. The fourth-order valence-electron chi connectivity index (χ4n) is 5.45.